The van der Waals surface area contributed by atoms with Crippen molar-refractivity contribution in [2.75, 3.05) is 6.54 Å². The SMILES string of the molecule is CC1CCCCCN1S(=O)(=O)c1csc(CN)c1. The first-order chi connectivity index (χ1) is 8.55. The fraction of sp³-hybridized carbons (Fsp3) is 0.667. The second-order valence-electron chi connectivity index (χ2n) is 4.77. The zero-order valence-electron chi connectivity index (χ0n) is 10.6. The van der Waals surface area contributed by atoms with Gasteiger partial charge >= 0.3 is 0 Å². The maximum Gasteiger partial charge on any atom is 0.244 e. The van der Waals surface area contributed by atoms with E-state index >= 15 is 0 Å². The van der Waals surface area contributed by atoms with Crippen molar-refractivity contribution in [3.05, 3.63) is 16.3 Å². The van der Waals surface area contributed by atoms with Crippen LogP contribution in [-0.4, -0.2) is 25.3 Å². The highest BCUT2D eigenvalue weighted by Crippen LogP contribution is 2.27. The van der Waals surface area contributed by atoms with Gasteiger partial charge in [0.05, 0.1) is 4.90 Å². The lowest BCUT2D eigenvalue weighted by Crippen LogP contribution is -2.38. The number of nitrogens with two attached hydrogens (primary N) is 1. The van der Waals surface area contributed by atoms with Gasteiger partial charge in [-0.2, -0.15) is 4.31 Å². The molecule has 2 rings (SSSR count). The molecule has 1 atom stereocenters. The van der Waals surface area contributed by atoms with E-state index in [-0.39, 0.29) is 6.04 Å². The van der Waals surface area contributed by atoms with Gasteiger partial charge in [0.25, 0.3) is 0 Å². The van der Waals surface area contributed by atoms with Crippen LogP contribution in [0.2, 0.25) is 0 Å². The molecule has 0 radical (unpaired) electrons. The summed E-state index contributed by atoms with van der Waals surface area (Å²) in [6.07, 6.45) is 4.14. The minimum absolute atomic E-state index is 0.0960. The Morgan fingerprint density at radius 2 is 2.22 bits per heavy atom. The molecule has 0 amide bonds. The highest BCUT2D eigenvalue weighted by molar-refractivity contribution is 7.89. The Morgan fingerprint density at radius 1 is 1.44 bits per heavy atom. The van der Waals surface area contributed by atoms with Crippen LogP contribution in [0.3, 0.4) is 0 Å². The number of hydrogen-bond acceptors (Lipinski definition) is 4. The number of sulfonamides is 1. The van der Waals surface area contributed by atoms with Crippen molar-refractivity contribution in [3.8, 4) is 0 Å². The molecule has 0 aliphatic carbocycles. The molecule has 4 nitrogen and oxygen atoms in total. The zero-order chi connectivity index (χ0) is 13.2. The highest BCUT2D eigenvalue weighted by Gasteiger charge is 2.30. The van der Waals surface area contributed by atoms with Gasteiger partial charge in [-0.25, -0.2) is 8.42 Å². The third-order valence-corrected chi connectivity index (χ3v) is 6.53. The van der Waals surface area contributed by atoms with Gasteiger partial charge in [0, 0.05) is 29.4 Å². The van der Waals surface area contributed by atoms with Crippen molar-refractivity contribution >= 4 is 21.4 Å². The monoisotopic (exact) mass is 288 g/mol. The van der Waals surface area contributed by atoms with Crippen LogP contribution in [0.25, 0.3) is 0 Å². The lowest BCUT2D eigenvalue weighted by Gasteiger charge is -2.25. The standard InChI is InChI=1S/C12H20N2O2S2/c1-10-5-3-2-4-6-14(10)18(15,16)12-7-11(8-13)17-9-12/h7,9-10H,2-6,8,13H2,1H3. The number of hydrogen-bond donors (Lipinski definition) is 1. The third kappa shape index (κ3) is 2.77. The van der Waals surface area contributed by atoms with E-state index in [1.165, 1.54) is 11.3 Å². The van der Waals surface area contributed by atoms with E-state index in [0.29, 0.717) is 18.0 Å². The molecule has 1 aliphatic heterocycles. The summed E-state index contributed by atoms with van der Waals surface area (Å²) in [7, 11) is -3.34. The van der Waals surface area contributed by atoms with E-state index in [0.717, 1.165) is 30.6 Å². The molecule has 1 fully saturated rings. The van der Waals surface area contributed by atoms with Crippen LogP contribution in [0, 0.1) is 0 Å². The Hall–Kier alpha value is -0.430. The number of rotatable bonds is 3. The molecular formula is C12H20N2O2S2. The quantitative estimate of drug-likeness (QED) is 0.927. The van der Waals surface area contributed by atoms with Gasteiger partial charge in [-0.1, -0.05) is 12.8 Å². The summed E-state index contributed by atoms with van der Waals surface area (Å²) in [5.74, 6) is 0. The van der Waals surface area contributed by atoms with Crippen LogP contribution < -0.4 is 5.73 Å². The second-order valence-corrected chi connectivity index (χ2v) is 7.65. The first kappa shape index (κ1) is 14.0. The first-order valence-electron chi connectivity index (χ1n) is 6.35. The first-order valence-corrected chi connectivity index (χ1v) is 8.67. The van der Waals surface area contributed by atoms with E-state index in [1.807, 2.05) is 6.92 Å². The average molecular weight is 288 g/mol. The molecule has 6 heteroatoms. The minimum atomic E-state index is -3.34. The molecule has 18 heavy (non-hydrogen) atoms. The average Bonchev–Trinajstić information content (AvgIpc) is 2.72. The van der Waals surface area contributed by atoms with Crippen molar-refractivity contribution in [3.63, 3.8) is 0 Å². The van der Waals surface area contributed by atoms with Gasteiger partial charge < -0.3 is 5.73 Å². The third-order valence-electron chi connectivity index (χ3n) is 3.43. The molecule has 1 saturated heterocycles. The molecule has 1 aromatic rings. The second kappa shape index (κ2) is 5.69. The summed E-state index contributed by atoms with van der Waals surface area (Å²) in [5.41, 5.74) is 5.54. The molecule has 2 N–H and O–H groups in total. The van der Waals surface area contributed by atoms with Crippen LogP contribution >= 0.6 is 11.3 Å². The summed E-state index contributed by atoms with van der Waals surface area (Å²) in [4.78, 5) is 1.32. The Labute approximate surface area is 113 Å². The van der Waals surface area contributed by atoms with Gasteiger partial charge in [0.15, 0.2) is 0 Å². The fourth-order valence-corrected chi connectivity index (χ4v) is 5.19. The minimum Gasteiger partial charge on any atom is -0.326 e. The van der Waals surface area contributed by atoms with Crippen LogP contribution in [0.1, 0.15) is 37.5 Å². The van der Waals surface area contributed by atoms with Crippen molar-refractivity contribution in [1.82, 2.24) is 4.31 Å². The van der Waals surface area contributed by atoms with Gasteiger partial charge in [0.2, 0.25) is 10.0 Å². The molecule has 102 valence electrons. The van der Waals surface area contributed by atoms with Crippen LogP contribution in [0.4, 0.5) is 0 Å². The molecule has 1 aliphatic rings. The van der Waals surface area contributed by atoms with E-state index < -0.39 is 10.0 Å². The molecule has 0 bridgehead atoms. The van der Waals surface area contributed by atoms with Crippen molar-refractivity contribution in [1.29, 1.82) is 0 Å². The predicted molar refractivity (Wildman–Crippen MR) is 74.0 cm³/mol. The zero-order valence-corrected chi connectivity index (χ0v) is 12.3. The molecule has 0 aromatic carbocycles. The van der Waals surface area contributed by atoms with Crippen molar-refractivity contribution in [2.45, 2.75) is 50.1 Å². The number of thiophene rings is 1. The maximum absolute atomic E-state index is 12.6. The van der Waals surface area contributed by atoms with E-state index in [1.54, 1.807) is 15.8 Å². The fourth-order valence-electron chi connectivity index (χ4n) is 2.34. The van der Waals surface area contributed by atoms with Crippen LogP contribution in [0.15, 0.2) is 16.3 Å². The van der Waals surface area contributed by atoms with E-state index in [9.17, 15) is 8.42 Å². The Kier molecular flexibility index (Phi) is 4.42. The summed E-state index contributed by atoms with van der Waals surface area (Å²) in [5, 5.41) is 1.70. The lowest BCUT2D eigenvalue weighted by atomic mass is 10.1. The Balaban J connectivity index is 2.28. The molecular weight excluding hydrogens is 268 g/mol. The van der Waals surface area contributed by atoms with Gasteiger partial charge in [-0.3, -0.25) is 0 Å². The van der Waals surface area contributed by atoms with E-state index in [4.69, 9.17) is 5.73 Å². The summed E-state index contributed by atoms with van der Waals surface area (Å²) < 4.78 is 26.8. The van der Waals surface area contributed by atoms with Crippen LogP contribution in [-0.2, 0) is 16.6 Å². The van der Waals surface area contributed by atoms with E-state index in [2.05, 4.69) is 0 Å². The van der Waals surface area contributed by atoms with Gasteiger partial charge in [0.1, 0.15) is 0 Å². The van der Waals surface area contributed by atoms with Crippen molar-refractivity contribution < 1.29 is 8.42 Å². The van der Waals surface area contributed by atoms with Crippen LogP contribution in [0.5, 0.6) is 0 Å². The number of nitrogens with zero attached hydrogens (tertiary/aromatic N) is 1. The molecule has 2 heterocycles. The molecule has 0 saturated carbocycles. The molecule has 1 aromatic heterocycles. The molecule has 1 unspecified atom stereocenters. The summed E-state index contributed by atoms with van der Waals surface area (Å²) >= 11 is 1.42. The summed E-state index contributed by atoms with van der Waals surface area (Å²) in [6.45, 7) is 3.03. The topological polar surface area (TPSA) is 63.4 Å². The smallest absolute Gasteiger partial charge is 0.244 e. The maximum atomic E-state index is 12.6. The highest BCUT2D eigenvalue weighted by atomic mass is 32.2. The lowest BCUT2D eigenvalue weighted by molar-refractivity contribution is 0.342. The predicted octanol–water partition coefficient (Wildman–Crippen LogP) is 2.16. The Bertz CT molecular complexity index is 496. The largest absolute Gasteiger partial charge is 0.326 e. The van der Waals surface area contributed by atoms with Gasteiger partial charge in [-0.05, 0) is 25.8 Å². The Morgan fingerprint density at radius 3 is 2.89 bits per heavy atom. The molecule has 0 spiro atoms. The van der Waals surface area contributed by atoms with Gasteiger partial charge in [-0.15, -0.1) is 11.3 Å². The van der Waals surface area contributed by atoms with Crippen molar-refractivity contribution in [2.24, 2.45) is 5.73 Å². The summed E-state index contributed by atoms with van der Waals surface area (Å²) in [6, 6.07) is 1.80. The normalized spacial score (nSPS) is 22.9.